The Hall–Kier alpha value is -1.90. The van der Waals surface area contributed by atoms with Crippen LogP contribution in [0.3, 0.4) is 0 Å². The van der Waals surface area contributed by atoms with Gasteiger partial charge in [-0.1, -0.05) is 0 Å². The molecule has 8 heteroatoms. The highest BCUT2D eigenvalue weighted by atomic mass is 32.2. The molecule has 0 bridgehead atoms. The molecule has 1 aromatic heterocycles. The van der Waals surface area contributed by atoms with Crippen molar-refractivity contribution in [2.24, 2.45) is 7.05 Å². The van der Waals surface area contributed by atoms with Crippen molar-refractivity contribution in [2.75, 3.05) is 26.3 Å². The molecule has 1 aromatic carbocycles. The van der Waals surface area contributed by atoms with Crippen molar-refractivity contribution in [1.82, 2.24) is 8.87 Å². The number of benzene rings is 1. The van der Waals surface area contributed by atoms with Crippen molar-refractivity contribution >= 4 is 26.9 Å². The molecule has 0 atom stereocenters. The molecule has 2 heterocycles. The van der Waals surface area contributed by atoms with Gasteiger partial charge in [0.05, 0.1) is 18.1 Å². The van der Waals surface area contributed by atoms with Crippen LogP contribution in [-0.4, -0.2) is 54.7 Å². The van der Waals surface area contributed by atoms with Crippen LogP contribution >= 0.6 is 0 Å². The highest BCUT2D eigenvalue weighted by Gasteiger charge is 2.26. The van der Waals surface area contributed by atoms with Crippen LogP contribution in [0, 0.1) is 0 Å². The van der Waals surface area contributed by atoms with Gasteiger partial charge in [0.1, 0.15) is 5.69 Å². The summed E-state index contributed by atoms with van der Waals surface area (Å²) in [6.45, 7) is 1.43. The van der Waals surface area contributed by atoms with Crippen LogP contribution in [0.15, 0.2) is 29.2 Å². The van der Waals surface area contributed by atoms with E-state index in [4.69, 9.17) is 9.84 Å². The number of nitrogens with zero attached hydrogens (tertiary/aromatic N) is 2. The van der Waals surface area contributed by atoms with Crippen molar-refractivity contribution in [2.45, 2.75) is 4.90 Å². The molecule has 1 aliphatic rings. The van der Waals surface area contributed by atoms with Crippen molar-refractivity contribution in [3.8, 4) is 0 Å². The fraction of sp³-hybridized carbons (Fsp3) is 0.357. The Balaban J connectivity index is 2.06. The lowest BCUT2D eigenvalue weighted by Crippen LogP contribution is -2.40. The van der Waals surface area contributed by atoms with E-state index in [9.17, 15) is 13.2 Å². The van der Waals surface area contributed by atoms with Gasteiger partial charge in [0, 0.05) is 31.0 Å². The van der Waals surface area contributed by atoms with Gasteiger partial charge in [0.25, 0.3) is 0 Å². The third-order valence-electron chi connectivity index (χ3n) is 3.84. The lowest BCUT2D eigenvalue weighted by atomic mass is 10.2. The first-order chi connectivity index (χ1) is 10.4. The van der Waals surface area contributed by atoms with E-state index >= 15 is 0 Å². The van der Waals surface area contributed by atoms with Crippen LogP contribution in [0.25, 0.3) is 10.9 Å². The van der Waals surface area contributed by atoms with Crippen molar-refractivity contribution in [3.05, 3.63) is 30.0 Å². The molecule has 0 spiro atoms. The molecule has 1 N–H and O–H groups in total. The average Bonchev–Trinajstić information content (AvgIpc) is 2.85. The maximum Gasteiger partial charge on any atom is 0.352 e. The van der Waals surface area contributed by atoms with Gasteiger partial charge in [-0.15, -0.1) is 0 Å². The maximum atomic E-state index is 12.6. The van der Waals surface area contributed by atoms with Gasteiger partial charge in [0.2, 0.25) is 10.0 Å². The number of sulfonamides is 1. The summed E-state index contributed by atoms with van der Waals surface area (Å²) in [4.78, 5) is 11.3. The molecular weight excluding hydrogens is 308 g/mol. The number of aromatic carboxylic acids is 1. The Labute approximate surface area is 127 Å². The number of carboxylic acids is 1. The molecule has 0 radical (unpaired) electrons. The summed E-state index contributed by atoms with van der Waals surface area (Å²) in [6.07, 6.45) is 0. The highest BCUT2D eigenvalue weighted by molar-refractivity contribution is 7.89. The predicted molar refractivity (Wildman–Crippen MR) is 79.5 cm³/mol. The van der Waals surface area contributed by atoms with Crippen LogP contribution in [0.5, 0.6) is 0 Å². The minimum absolute atomic E-state index is 0.121. The number of carboxylic acid groups (broad SMARTS) is 1. The Morgan fingerprint density at radius 2 is 1.91 bits per heavy atom. The Morgan fingerprint density at radius 1 is 1.23 bits per heavy atom. The van der Waals surface area contributed by atoms with Gasteiger partial charge < -0.3 is 14.4 Å². The van der Waals surface area contributed by atoms with Gasteiger partial charge >= 0.3 is 5.97 Å². The third-order valence-corrected chi connectivity index (χ3v) is 5.74. The fourth-order valence-corrected chi connectivity index (χ4v) is 4.07. The molecule has 118 valence electrons. The second-order valence-electron chi connectivity index (χ2n) is 5.13. The number of fused-ring (bicyclic) bond motifs is 1. The summed E-state index contributed by atoms with van der Waals surface area (Å²) in [5, 5.41) is 9.73. The molecule has 1 fully saturated rings. The quantitative estimate of drug-likeness (QED) is 0.906. The van der Waals surface area contributed by atoms with E-state index in [1.165, 1.54) is 27.1 Å². The van der Waals surface area contributed by atoms with E-state index in [0.717, 1.165) is 0 Å². The molecule has 0 amide bonds. The molecule has 7 nitrogen and oxygen atoms in total. The zero-order chi connectivity index (χ0) is 15.9. The smallest absolute Gasteiger partial charge is 0.352 e. The van der Waals surface area contributed by atoms with Crippen LogP contribution in [0.1, 0.15) is 10.5 Å². The molecule has 0 unspecified atom stereocenters. The standard InChI is InChI=1S/C14H16N2O5S/c1-15-12-3-2-11(8-10(12)9-13(15)14(17)18)22(19,20)16-4-6-21-7-5-16/h2-3,8-9H,4-7H2,1H3,(H,17,18). The van der Waals surface area contributed by atoms with Crippen molar-refractivity contribution in [3.63, 3.8) is 0 Å². The number of hydrogen-bond donors (Lipinski definition) is 1. The van der Waals surface area contributed by atoms with E-state index in [2.05, 4.69) is 0 Å². The topological polar surface area (TPSA) is 88.8 Å². The first kappa shape index (κ1) is 15.0. The lowest BCUT2D eigenvalue weighted by molar-refractivity contribution is 0.0687. The van der Waals surface area contributed by atoms with Gasteiger partial charge in [-0.25, -0.2) is 13.2 Å². The van der Waals surface area contributed by atoms with Gasteiger partial charge in [-0.3, -0.25) is 0 Å². The zero-order valence-electron chi connectivity index (χ0n) is 12.0. The van der Waals surface area contributed by atoms with Crippen LogP contribution in [-0.2, 0) is 21.8 Å². The molecule has 3 rings (SSSR count). The maximum absolute atomic E-state index is 12.6. The first-order valence-electron chi connectivity index (χ1n) is 6.82. The van der Waals surface area contributed by atoms with Crippen LogP contribution < -0.4 is 0 Å². The number of carbonyl (C=O) groups is 1. The lowest BCUT2D eigenvalue weighted by Gasteiger charge is -2.26. The minimum atomic E-state index is -3.58. The van der Waals surface area contributed by atoms with E-state index in [1.54, 1.807) is 13.1 Å². The molecule has 22 heavy (non-hydrogen) atoms. The van der Waals surface area contributed by atoms with E-state index in [0.29, 0.717) is 37.2 Å². The number of aryl methyl sites for hydroxylation is 1. The van der Waals surface area contributed by atoms with Crippen LogP contribution in [0.2, 0.25) is 0 Å². The Bertz CT molecular complexity index is 834. The van der Waals surface area contributed by atoms with E-state index < -0.39 is 16.0 Å². The van der Waals surface area contributed by atoms with Gasteiger partial charge in [0.15, 0.2) is 0 Å². The number of morpholine rings is 1. The Morgan fingerprint density at radius 3 is 2.55 bits per heavy atom. The normalized spacial score (nSPS) is 17.0. The van der Waals surface area contributed by atoms with Gasteiger partial charge in [-0.2, -0.15) is 4.31 Å². The number of aromatic nitrogens is 1. The average molecular weight is 324 g/mol. The summed E-state index contributed by atoms with van der Waals surface area (Å²) < 4.78 is 33.3. The molecule has 0 saturated carbocycles. The summed E-state index contributed by atoms with van der Waals surface area (Å²) in [6, 6.07) is 6.15. The fourth-order valence-electron chi connectivity index (χ4n) is 2.63. The molecule has 0 aliphatic carbocycles. The molecular formula is C14H16N2O5S. The minimum Gasteiger partial charge on any atom is -0.477 e. The first-order valence-corrected chi connectivity index (χ1v) is 8.26. The van der Waals surface area contributed by atoms with Gasteiger partial charge in [-0.05, 0) is 24.3 Å². The largest absolute Gasteiger partial charge is 0.477 e. The summed E-state index contributed by atoms with van der Waals surface area (Å²) in [5.41, 5.74) is 0.800. The van der Waals surface area contributed by atoms with E-state index in [1.807, 2.05) is 0 Å². The second kappa shape index (κ2) is 5.38. The van der Waals surface area contributed by atoms with E-state index in [-0.39, 0.29) is 10.6 Å². The summed E-state index contributed by atoms with van der Waals surface area (Å²) >= 11 is 0. The third kappa shape index (κ3) is 2.39. The highest BCUT2D eigenvalue weighted by Crippen LogP contribution is 2.25. The molecule has 2 aromatic rings. The number of rotatable bonds is 3. The SMILES string of the molecule is Cn1c(C(=O)O)cc2cc(S(=O)(=O)N3CCOCC3)ccc21. The van der Waals surface area contributed by atoms with Crippen LogP contribution in [0.4, 0.5) is 0 Å². The predicted octanol–water partition coefficient (Wildman–Crippen LogP) is 0.897. The Kier molecular flexibility index (Phi) is 3.67. The summed E-state index contributed by atoms with van der Waals surface area (Å²) in [7, 11) is -1.94. The van der Waals surface area contributed by atoms with Crippen molar-refractivity contribution in [1.29, 1.82) is 0 Å². The monoisotopic (exact) mass is 324 g/mol. The number of hydrogen-bond acceptors (Lipinski definition) is 4. The number of ether oxygens (including phenoxy) is 1. The second-order valence-corrected chi connectivity index (χ2v) is 7.07. The van der Waals surface area contributed by atoms with Crippen molar-refractivity contribution < 1.29 is 23.1 Å². The molecule has 1 saturated heterocycles. The summed E-state index contributed by atoms with van der Waals surface area (Å²) in [5.74, 6) is -1.05. The zero-order valence-corrected chi connectivity index (χ0v) is 12.8. The molecule has 1 aliphatic heterocycles.